The maximum atomic E-state index is 5.44. The third kappa shape index (κ3) is 4.44. The minimum absolute atomic E-state index is 0.145. The molecule has 0 bridgehead atoms. The van der Waals surface area contributed by atoms with E-state index in [0.29, 0.717) is 17.6 Å². The lowest BCUT2D eigenvalue weighted by molar-refractivity contribution is 0.378. The van der Waals surface area contributed by atoms with Gasteiger partial charge < -0.3 is 4.52 Å². The van der Waals surface area contributed by atoms with Gasteiger partial charge in [-0.2, -0.15) is 4.98 Å². The van der Waals surface area contributed by atoms with Crippen molar-refractivity contribution in [3.63, 3.8) is 0 Å². The molecule has 146 valence electrons. The van der Waals surface area contributed by atoms with E-state index in [1.54, 1.807) is 4.88 Å². The second-order valence-corrected chi connectivity index (χ2v) is 9.75. The molecule has 0 radical (unpaired) electrons. The summed E-state index contributed by atoms with van der Waals surface area (Å²) in [4.78, 5) is 6.09. The van der Waals surface area contributed by atoms with Gasteiger partial charge >= 0.3 is 0 Å². The number of aromatic nitrogens is 2. The van der Waals surface area contributed by atoms with E-state index in [1.807, 2.05) is 17.4 Å². The standard InChI is InChI=1S/C24H28N2OS/c1-24(2,3)20-13-11-19(12-14-20)23-25-22(27-26-23)15-8-17-6-9-18(10-7-17)21-5-4-16-28-21/h4-5,8,11-18H,6-7,9-10H2,1-3H3. The highest BCUT2D eigenvalue weighted by atomic mass is 32.1. The van der Waals surface area contributed by atoms with E-state index in [9.17, 15) is 0 Å². The van der Waals surface area contributed by atoms with E-state index in [-0.39, 0.29) is 5.41 Å². The summed E-state index contributed by atoms with van der Waals surface area (Å²) in [6.45, 7) is 6.65. The molecule has 3 aromatic rings. The molecular formula is C24H28N2OS. The molecule has 1 aromatic carbocycles. The summed E-state index contributed by atoms with van der Waals surface area (Å²) in [5.74, 6) is 2.60. The Hall–Kier alpha value is -2.20. The first-order valence-corrected chi connectivity index (χ1v) is 11.0. The number of benzene rings is 1. The van der Waals surface area contributed by atoms with Gasteiger partial charge in [-0.3, -0.25) is 0 Å². The summed E-state index contributed by atoms with van der Waals surface area (Å²) >= 11 is 1.89. The van der Waals surface area contributed by atoms with E-state index >= 15 is 0 Å². The van der Waals surface area contributed by atoms with Gasteiger partial charge in [-0.25, -0.2) is 0 Å². The van der Waals surface area contributed by atoms with Crippen molar-refractivity contribution in [3.8, 4) is 11.4 Å². The van der Waals surface area contributed by atoms with Crippen LogP contribution in [0.25, 0.3) is 17.5 Å². The van der Waals surface area contributed by atoms with Gasteiger partial charge in [-0.1, -0.05) is 62.3 Å². The van der Waals surface area contributed by atoms with Crippen molar-refractivity contribution in [2.45, 2.75) is 57.8 Å². The Kier molecular flexibility index (Phi) is 5.49. The van der Waals surface area contributed by atoms with E-state index < -0.39 is 0 Å². The van der Waals surface area contributed by atoms with Crippen molar-refractivity contribution in [2.75, 3.05) is 0 Å². The number of hydrogen-bond donors (Lipinski definition) is 0. The normalized spacial score (nSPS) is 20.7. The Morgan fingerprint density at radius 2 is 1.79 bits per heavy atom. The fourth-order valence-corrected chi connectivity index (χ4v) is 4.78. The second kappa shape index (κ2) is 8.04. The SMILES string of the molecule is CC(C)(C)c1ccc(-c2noc(C=CC3CCC(c4cccs4)CC3)n2)cc1. The summed E-state index contributed by atoms with van der Waals surface area (Å²) in [6.07, 6.45) is 9.25. The quantitative estimate of drug-likeness (QED) is 0.476. The Balaban J connectivity index is 1.36. The number of hydrogen-bond acceptors (Lipinski definition) is 4. The zero-order chi connectivity index (χ0) is 19.6. The van der Waals surface area contributed by atoms with Crippen molar-refractivity contribution in [3.05, 3.63) is 64.2 Å². The molecule has 4 heteroatoms. The van der Waals surface area contributed by atoms with E-state index in [4.69, 9.17) is 4.52 Å². The highest BCUT2D eigenvalue weighted by molar-refractivity contribution is 7.10. The number of rotatable bonds is 4. The lowest BCUT2D eigenvalue weighted by atomic mass is 9.81. The van der Waals surface area contributed by atoms with Crippen molar-refractivity contribution in [1.29, 1.82) is 0 Å². The molecule has 0 amide bonds. The third-order valence-electron chi connectivity index (χ3n) is 5.68. The summed E-state index contributed by atoms with van der Waals surface area (Å²) < 4.78 is 5.44. The fraction of sp³-hybridized carbons (Fsp3) is 0.417. The molecular weight excluding hydrogens is 364 g/mol. The van der Waals surface area contributed by atoms with Gasteiger partial charge in [0.25, 0.3) is 5.89 Å². The first-order chi connectivity index (χ1) is 13.5. The van der Waals surface area contributed by atoms with Crippen LogP contribution in [0.5, 0.6) is 0 Å². The molecule has 0 N–H and O–H groups in total. The summed E-state index contributed by atoms with van der Waals surface area (Å²) in [6, 6.07) is 12.9. The number of nitrogens with zero attached hydrogens (tertiary/aromatic N) is 2. The molecule has 2 aromatic heterocycles. The second-order valence-electron chi connectivity index (χ2n) is 8.77. The topological polar surface area (TPSA) is 38.9 Å². The Morgan fingerprint density at radius 1 is 1.04 bits per heavy atom. The maximum absolute atomic E-state index is 5.44. The molecule has 0 spiro atoms. The lowest BCUT2D eigenvalue weighted by Gasteiger charge is -2.25. The first kappa shape index (κ1) is 19.1. The van der Waals surface area contributed by atoms with Crippen molar-refractivity contribution >= 4 is 17.4 Å². The molecule has 2 heterocycles. The smallest absolute Gasteiger partial charge is 0.250 e. The van der Waals surface area contributed by atoms with Crippen LogP contribution in [0.2, 0.25) is 0 Å². The average Bonchev–Trinajstić information content (AvgIpc) is 3.38. The molecule has 1 aliphatic rings. The molecule has 0 atom stereocenters. The molecule has 3 nitrogen and oxygen atoms in total. The van der Waals surface area contributed by atoms with E-state index in [2.05, 4.69) is 78.8 Å². The molecule has 4 rings (SSSR count). The molecule has 1 aliphatic carbocycles. The van der Waals surface area contributed by atoms with Gasteiger partial charge in [0.05, 0.1) is 0 Å². The molecule has 28 heavy (non-hydrogen) atoms. The molecule has 0 unspecified atom stereocenters. The van der Waals surface area contributed by atoms with Crippen molar-refractivity contribution in [2.24, 2.45) is 5.92 Å². The van der Waals surface area contributed by atoms with Gasteiger partial charge in [0.15, 0.2) is 0 Å². The molecule has 1 saturated carbocycles. The zero-order valence-electron chi connectivity index (χ0n) is 16.9. The van der Waals surface area contributed by atoms with E-state index in [0.717, 1.165) is 11.5 Å². The number of thiophene rings is 1. The Bertz CT molecular complexity index is 908. The largest absolute Gasteiger partial charge is 0.334 e. The molecule has 0 aliphatic heterocycles. The van der Waals surface area contributed by atoms with Gasteiger partial charge in [0, 0.05) is 10.4 Å². The predicted molar refractivity (Wildman–Crippen MR) is 116 cm³/mol. The Morgan fingerprint density at radius 3 is 2.43 bits per heavy atom. The van der Waals surface area contributed by atoms with Gasteiger partial charge in [0.1, 0.15) is 0 Å². The maximum Gasteiger partial charge on any atom is 0.250 e. The summed E-state index contributed by atoms with van der Waals surface area (Å²) in [7, 11) is 0. The molecule has 1 fully saturated rings. The van der Waals surface area contributed by atoms with Crippen LogP contribution in [0.15, 0.2) is 52.4 Å². The van der Waals surface area contributed by atoms with Crippen molar-refractivity contribution < 1.29 is 4.52 Å². The van der Waals surface area contributed by atoms with Crippen LogP contribution in [0, 0.1) is 5.92 Å². The lowest BCUT2D eigenvalue weighted by Crippen LogP contribution is -2.10. The van der Waals surface area contributed by atoms with Crippen LogP contribution in [-0.4, -0.2) is 10.1 Å². The summed E-state index contributed by atoms with van der Waals surface area (Å²) in [5.41, 5.74) is 2.44. The predicted octanol–water partition coefficient (Wildman–Crippen LogP) is 7.08. The minimum atomic E-state index is 0.145. The highest BCUT2D eigenvalue weighted by Crippen LogP contribution is 2.38. The van der Waals surface area contributed by atoms with Crippen LogP contribution in [0.3, 0.4) is 0 Å². The summed E-state index contributed by atoms with van der Waals surface area (Å²) in [5, 5.41) is 6.34. The number of allylic oxidation sites excluding steroid dienone is 1. The highest BCUT2D eigenvalue weighted by Gasteiger charge is 2.21. The van der Waals surface area contributed by atoms with Crippen LogP contribution < -0.4 is 0 Å². The average molecular weight is 393 g/mol. The van der Waals surface area contributed by atoms with Crippen LogP contribution in [0.1, 0.15) is 68.7 Å². The minimum Gasteiger partial charge on any atom is -0.334 e. The van der Waals surface area contributed by atoms with Crippen LogP contribution >= 0.6 is 11.3 Å². The van der Waals surface area contributed by atoms with Gasteiger partial charge in [0.2, 0.25) is 5.82 Å². The zero-order valence-corrected chi connectivity index (χ0v) is 17.7. The Labute approximate surface area is 171 Å². The van der Waals surface area contributed by atoms with Gasteiger partial charge in [-0.05, 0) is 66.0 Å². The first-order valence-electron chi connectivity index (χ1n) is 10.2. The van der Waals surface area contributed by atoms with Crippen LogP contribution in [-0.2, 0) is 5.41 Å². The van der Waals surface area contributed by atoms with Crippen LogP contribution in [0.4, 0.5) is 0 Å². The monoisotopic (exact) mass is 392 g/mol. The fourth-order valence-electron chi connectivity index (χ4n) is 3.88. The van der Waals surface area contributed by atoms with Gasteiger partial charge in [-0.15, -0.1) is 11.3 Å². The molecule has 0 saturated heterocycles. The third-order valence-corrected chi connectivity index (χ3v) is 6.71. The van der Waals surface area contributed by atoms with Crippen molar-refractivity contribution in [1.82, 2.24) is 10.1 Å². The van der Waals surface area contributed by atoms with E-state index in [1.165, 1.54) is 31.2 Å².